The number of fused-ring (bicyclic) bond motifs is 2. The molecule has 2 aliphatic heterocycles. The predicted molar refractivity (Wildman–Crippen MR) is 93.2 cm³/mol. The summed E-state index contributed by atoms with van der Waals surface area (Å²) in [5.41, 5.74) is 2.18. The van der Waals surface area contributed by atoms with Crippen LogP contribution in [-0.2, 0) is 0 Å². The van der Waals surface area contributed by atoms with Crippen LogP contribution in [0.2, 0.25) is 0 Å². The second-order valence-corrected chi connectivity index (χ2v) is 7.22. The minimum absolute atomic E-state index is 0.00233. The van der Waals surface area contributed by atoms with Gasteiger partial charge in [0.05, 0.1) is 5.56 Å². The first-order chi connectivity index (χ1) is 12.0. The molecule has 2 aliphatic rings. The van der Waals surface area contributed by atoms with Crippen LogP contribution >= 0.6 is 0 Å². The third-order valence-electron chi connectivity index (χ3n) is 5.65. The van der Waals surface area contributed by atoms with Gasteiger partial charge < -0.3 is 9.88 Å². The fourth-order valence-electron chi connectivity index (χ4n) is 4.40. The Bertz CT molecular complexity index is 842. The zero-order valence-electron chi connectivity index (χ0n) is 14.2. The molecule has 0 aliphatic carbocycles. The van der Waals surface area contributed by atoms with E-state index in [1.165, 1.54) is 17.8 Å². The topological polar surface area (TPSA) is 53.2 Å². The Hall–Kier alpha value is -2.43. The average Bonchev–Trinajstić information content (AvgIpc) is 2.87. The van der Waals surface area contributed by atoms with Gasteiger partial charge in [-0.15, -0.1) is 0 Å². The lowest BCUT2D eigenvalue weighted by Crippen LogP contribution is -2.46. The number of carbonyl (C=O) groups excluding carboxylic acids is 1. The number of piperidine rings is 1. The van der Waals surface area contributed by atoms with Gasteiger partial charge in [0.1, 0.15) is 5.82 Å². The Morgan fingerprint density at radius 1 is 1.16 bits per heavy atom. The third-order valence-corrected chi connectivity index (χ3v) is 5.65. The molecule has 1 amide bonds. The van der Waals surface area contributed by atoms with E-state index in [4.69, 9.17) is 0 Å². The van der Waals surface area contributed by atoms with Gasteiger partial charge >= 0.3 is 0 Å². The molecule has 0 radical (unpaired) electrons. The van der Waals surface area contributed by atoms with E-state index in [-0.39, 0.29) is 29.4 Å². The van der Waals surface area contributed by atoms with E-state index in [1.54, 1.807) is 19.1 Å². The van der Waals surface area contributed by atoms with Crippen LogP contribution in [0.5, 0.6) is 0 Å². The van der Waals surface area contributed by atoms with Gasteiger partial charge in [0.2, 0.25) is 5.56 Å². The van der Waals surface area contributed by atoms with E-state index in [0.29, 0.717) is 17.0 Å². The number of halogens is 1. The van der Waals surface area contributed by atoms with Crippen LogP contribution in [0.4, 0.5) is 4.39 Å². The molecule has 3 atom stereocenters. The maximum absolute atomic E-state index is 13.5. The van der Waals surface area contributed by atoms with Crippen LogP contribution in [0.25, 0.3) is 0 Å². The third kappa shape index (κ3) is 2.88. The molecule has 4 rings (SSSR count). The molecule has 3 heterocycles. The summed E-state index contributed by atoms with van der Waals surface area (Å²) in [5.74, 6) is 0.200. The number of hydrogen-bond acceptors (Lipinski definition) is 2. The molecular formula is C20H21FN2O2. The maximum Gasteiger partial charge on any atom is 0.255 e. The van der Waals surface area contributed by atoms with Crippen molar-refractivity contribution in [3.8, 4) is 0 Å². The largest absolute Gasteiger partial charge is 0.333 e. The first kappa shape index (κ1) is 16.1. The molecule has 25 heavy (non-hydrogen) atoms. The van der Waals surface area contributed by atoms with Gasteiger partial charge in [0.25, 0.3) is 5.91 Å². The molecule has 2 bridgehead atoms. The number of aromatic amines is 1. The van der Waals surface area contributed by atoms with Crippen LogP contribution in [0, 0.1) is 12.7 Å². The summed E-state index contributed by atoms with van der Waals surface area (Å²) in [6.45, 7) is 1.79. The molecule has 1 N–H and O–H groups in total. The number of hydrogen-bond donors (Lipinski definition) is 1. The number of nitrogens with zero attached hydrogens (tertiary/aromatic N) is 1. The van der Waals surface area contributed by atoms with Gasteiger partial charge in [-0.1, -0.05) is 12.1 Å². The van der Waals surface area contributed by atoms with Gasteiger partial charge in [-0.2, -0.15) is 0 Å². The molecule has 1 unspecified atom stereocenters. The monoisotopic (exact) mass is 340 g/mol. The van der Waals surface area contributed by atoms with Crippen LogP contribution in [-0.4, -0.2) is 27.9 Å². The van der Waals surface area contributed by atoms with Gasteiger partial charge in [0.15, 0.2) is 0 Å². The lowest BCUT2D eigenvalue weighted by atomic mass is 9.84. The van der Waals surface area contributed by atoms with Crippen molar-refractivity contribution < 1.29 is 9.18 Å². The molecule has 2 aromatic rings. The highest BCUT2D eigenvalue weighted by Gasteiger charge is 2.43. The standard InChI is InChI=1S/C20H21FN2O2/c1-12-8-13(2-6-18(12)21)15-9-16-4-5-17(10-15)23(16)20(25)14-3-7-19(24)22-11-14/h2-3,6-8,11,15-17H,4-5,9-10H2,1H3,(H,22,24)/t15?,16-,17+. The molecule has 0 saturated carbocycles. The van der Waals surface area contributed by atoms with Crippen molar-refractivity contribution >= 4 is 5.91 Å². The minimum Gasteiger partial charge on any atom is -0.333 e. The fourth-order valence-corrected chi connectivity index (χ4v) is 4.40. The molecule has 2 saturated heterocycles. The van der Waals surface area contributed by atoms with Gasteiger partial charge in [-0.25, -0.2) is 4.39 Å². The summed E-state index contributed by atoms with van der Waals surface area (Å²) in [7, 11) is 0. The van der Waals surface area contributed by atoms with E-state index in [2.05, 4.69) is 4.98 Å². The van der Waals surface area contributed by atoms with Gasteiger partial charge in [-0.05, 0) is 61.8 Å². The molecule has 0 spiro atoms. The Kier molecular flexibility index (Phi) is 3.94. The minimum atomic E-state index is -0.204. The van der Waals surface area contributed by atoms with Gasteiger partial charge in [0, 0.05) is 24.3 Å². The smallest absolute Gasteiger partial charge is 0.255 e. The summed E-state index contributed by atoms with van der Waals surface area (Å²) >= 11 is 0. The van der Waals surface area contributed by atoms with Crippen molar-refractivity contribution in [3.63, 3.8) is 0 Å². The van der Waals surface area contributed by atoms with Crippen molar-refractivity contribution in [2.75, 3.05) is 0 Å². The molecule has 2 fully saturated rings. The van der Waals surface area contributed by atoms with Crippen molar-refractivity contribution in [2.24, 2.45) is 0 Å². The average molecular weight is 340 g/mol. The summed E-state index contributed by atoms with van der Waals surface area (Å²) < 4.78 is 13.5. The summed E-state index contributed by atoms with van der Waals surface area (Å²) in [6.07, 6.45) is 5.35. The number of carbonyl (C=O) groups is 1. The van der Waals surface area contributed by atoms with E-state index in [0.717, 1.165) is 25.7 Å². The number of pyridine rings is 1. The van der Waals surface area contributed by atoms with E-state index < -0.39 is 0 Å². The first-order valence-electron chi connectivity index (χ1n) is 8.80. The number of amides is 1. The lowest BCUT2D eigenvalue weighted by Gasteiger charge is -2.39. The highest BCUT2D eigenvalue weighted by atomic mass is 19.1. The Morgan fingerprint density at radius 3 is 2.48 bits per heavy atom. The zero-order chi connectivity index (χ0) is 17.6. The fraction of sp³-hybridized carbons (Fsp3) is 0.400. The molecule has 1 aromatic carbocycles. The predicted octanol–water partition coefficient (Wildman–Crippen LogP) is 3.37. The maximum atomic E-state index is 13.5. The van der Waals surface area contributed by atoms with Crippen LogP contribution in [0.1, 0.15) is 53.1 Å². The van der Waals surface area contributed by atoms with Crippen molar-refractivity contribution in [2.45, 2.75) is 50.6 Å². The molecule has 4 nitrogen and oxygen atoms in total. The summed E-state index contributed by atoms with van der Waals surface area (Å²) in [5, 5.41) is 0. The number of nitrogens with one attached hydrogen (secondary N) is 1. The van der Waals surface area contributed by atoms with Crippen LogP contribution < -0.4 is 5.56 Å². The summed E-state index contributed by atoms with van der Waals surface area (Å²) in [6, 6.07) is 8.79. The number of benzene rings is 1. The quantitative estimate of drug-likeness (QED) is 0.911. The number of rotatable bonds is 2. The summed E-state index contributed by atoms with van der Waals surface area (Å²) in [4.78, 5) is 28.7. The van der Waals surface area contributed by atoms with Crippen LogP contribution in [0.3, 0.4) is 0 Å². The SMILES string of the molecule is Cc1cc(C2C[C@H]3CC[C@@H](C2)N3C(=O)c2ccc(=O)[nH]c2)ccc1F. The van der Waals surface area contributed by atoms with E-state index >= 15 is 0 Å². The second-order valence-electron chi connectivity index (χ2n) is 7.22. The molecule has 1 aromatic heterocycles. The van der Waals surface area contributed by atoms with Gasteiger partial charge in [-0.3, -0.25) is 9.59 Å². The number of aryl methyl sites for hydroxylation is 1. The first-order valence-corrected chi connectivity index (χ1v) is 8.80. The lowest BCUT2D eigenvalue weighted by molar-refractivity contribution is 0.0571. The Balaban J connectivity index is 1.55. The molecule has 5 heteroatoms. The van der Waals surface area contributed by atoms with Crippen LogP contribution in [0.15, 0.2) is 41.3 Å². The van der Waals surface area contributed by atoms with E-state index in [1.807, 2.05) is 17.0 Å². The number of aromatic nitrogens is 1. The highest BCUT2D eigenvalue weighted by molar-refractivity contribution is 5.94. The number of H-pyrrole nitrogens is 1. The van der Waals surface area contributed by atoms with Crippen molar-refractivity contribution in [1.82, 2.24) is 9.88 Å². The van der Waals surface area contributed by atoms with Crippen molar-refractivity contribution in [3.05, 3.63) is 69.4 Å². The Labute approximate surface area is 145 Å². The zero-order valence-corrected chi connectivity index (χ0v) is 14.2. The normalized spacial score (nSPS) is 25.2. The highest BCUT2D eigenvalue weighted by Crippen LogP contribution is 2.43. The Morgan fingerprint density at radius 2 is 1.88 bits per heavy atom. The molecular weight excluding hydrogens is 319 g/mol. The molecule has 130 valence electrons. The van der Waals surface area contributed by atoms with E-state index in [9.17, 15) is 14.0 Å². The second kappa shape index (κ2) is 6.14. The van der Waals surface area contributed by atoms with Crippen molar-refractivity contribution in [1.29, 1.82) is 0 Å².